The van der Waals surface area contributed by atoms with E-state index in [1.807, 2.05) is 12.1 Å². The molecule has 0 heterocycles. The van der Waals surface area contributed by atoms with Crippen LogP contribution in [0.4, 0.5) is 0 Å². The minimum atomic E-state index is 0.396. The molecule has 1 heteroatoms. The fourth-order valence-electron chi connectivity index (χ4n) is 3.47. The molecule has 0 aliphatic carbocycles. The summed E-state index contributed by atoms with van der Waals surface area (Å²) in [6.07, 6.45) is 19.2. The van der Waals surface area contributed by atoms with E-state index in [2.05, 4.69) is 19.9 Å². The highest BCUT2D eigenvalue weighted by Crippen LogP contribution is 2.18. The molecule has 1 aromatic rings. The molecular formula is C23H40O. The summed E-state index contributed by atoms with van der Waals surface area (Å²) >= 11 is 0. The van der Waals surface area contributed by atoms with Crippen molar-refractivity contribution >= 4 is 0 Å². The molecule has 1 N–H and O–H groups in total. The number of phenolic OH excluding ortho intramolecular Hbond substituents is 1. The summed E-state index contributed by atoms with van der Waals surface area (Å²) in [6.45, 7) is 4.71. The van der Waals surface area contributed by atoms with Crippen LogP contribution in [0.25, 0.3) is 0 Å². The van der Waals surface area contributed by atoms with Crippen molar-refractivity contribution in [3.8, 4) is 5.75 Å². The average Bonchev–Trinajstić information content (AvgIpc) is 2.58. The summed E-state index contributed by atoms with van der Waals surface area (Å²) in [5.41, 5.74) is 1.27. The standard InChI is InChI=1S/C23H40O/c1-3-4-15-21(2)16-12-10-8-6-5-7-9-11-13-17-22-18-14-19-23(24)20-22/h14,18-21,24H,3-13,15-17H2,1-2H3. The third kappa shape index (κ3) is 11.5. The Morgan fingerprint density at radius 3 is 2.00 bits per heavy atom. The normalized spacial score (nSPS) is 12.4. The molecule has 1 unspecified atom stereocenters. The number of unbranched alkanes of at least 4 members (excludes halogenated alkanes) is 9. The van der Waals surface area contributed by atoms with Gasteiger partial charge in [-0.1, -0.05) is 103 Å². The van der Waals surface area contributed by atoms with Gasteiger partial charge >= 0.3 is 0 Å². The second-order valence-electron chi connectivity index (χ2n) is 7.64. The lowest BCUT2D eigenvalue weighted by molar-refractivity contribution is 0.440. The van der Waals surface area contributed by atoms with Crippen LogP contribution in [0.5, 0.6) is 5.75 Å². The molecular weight excluding hydrogens is 292 g/mol. The summed E-state index contributed by atoms with van der Waals surface area (Å²) in [7, 11) is 0. The van der Waals surface area contributed by atoms with Crippen molar-refractivity contribution in [2.24, 2.45) is 5.92 Å². The molecule has 0 saturated heterocycles. The monoisotopic (exact) mass is 332 g/mol. The van der Waals surface area contributed by atoms with E-state index < -0.39 is 0 Å². The number of phenols is 1. The van der Waals surface area contributed by atoms with Crippen LogP contribution in [-0.4, -0.2) is 5.11 Å². The lowest BCUT2D eigenvalue weighted by Crippen LogP contribution is -1.94. The van der Waals surface area contributed by atoms with Gasteiger partial charge < -0.3 is 5.11 Å². The molecule has 0 bridgehead atoms. The van der Waals surface area contributed by atoms with E-state index >= 15 is 0 Å². The molecule has 0 aliphatic rings. The molecule has 1 atom stereocenters. The molecule has 0 saturated carbocycles. The highest BCUT2D eigenvalue weighted by atomic mass is 16.3. The van der Waals surface area contributed by atoms with Gasteiger partial charge in [0.2, 0.25) is 0 Å². The fraction of sp³-hybridized carbons (Fsp3) is 0.739. The van der Waals surface area contributed by atoms with Crippen LogP contribution in [-0.2, 0) is 6.42 Å². The number of aromatic hydroxyl groups is 1. The van der Waals surface area contributed by atoms with Crippen molar-refractivity contribution < 1.29 is 5.11 Å². The van der Waals surface area contributed by atoms with Gasteiger partial charge in [0, 0.05) is 0 Å². The van der Waals surface area contributed by atoms with Gasteiger partial charge in [-0.25, -0.2) is 0 Å². The van der Waals surface area contributed by atoms with E-state index in [-0.39, 0.29) is 0 Å². The first-order chi connectivity index (χ1) is 11.7. The molecule has 138 valence electrons. The van der Waals surface area contributed by atoms with Crippen LogP contribution in [0.1, 0.15) is 103 Å². The predicted molar refractivity (Wildman–Crippen MR) is 107 cm³/mol. The molecule has 1 rings (SSSR count). The Hall–Kier alpha value is -0.980. The Bertz CT molecular complexity index is 399. The zero-order chi connectivity index (χ0) is 17.5. The van der Waals surface area contributed by atoms with Crippen molar-refractivity contribution in [3.05, 3.63) is 29.8 Å². The highest BCUT2D eigenvalue weighted by Gasteiger charge is 2.01. The van der Waals surface area contributed by atoms with Gasteiger partial charge in [-0.15, -0.1) is 0 Å². The van der Waals surface area contributed by atoms with Gasteiger partial charge in [0.05, 0.1) is 0 Å². The minimum absolute atomic E-state index is 0.396. The van der Waals surface area contributed by atoms with E-state index in [4.69, 9.17) is 0 Å². The number of hydrogen-bond acceptors (Lipinski definition) is 1. The Morgan fingerprint density at radius 2 is 1.38 bits per heavy atom. The Labute approximate surface area is 150 Å². The van der Waals surface area contributed by atoms with E-state index in [0.717, 1.165) is 12.3 Å². The SMILES string of the molecule is CCCCC(C)CCCCCCCCCCCc1cccc(O)c1. The summed E-state index contributed by atoms with van der Waals surface area (Å²) in [4.78, 5) is 0. The maximum Gasteiger partial charge on any atom is 0.115 e. The maximum atomic E-state index is 9.44. The number of aryl methyl sites for hydroxylation is 1. The van der Waals surface area contributed by atoms with Gasteiger partial charge in [0.1, 0.15) is 5.75 Å². The van der Waals surface area contributed by atoms with E-state index in [9.17, 15) is 5.11 Å². The van der Waals surface area contributed by atoms with E-state index in [1.54, 1.807) is 6.07 Å². The molecule has 0 radical (unpaired) electrons. The average molecular weight is 333 g/mol. The van der Waals surface area contributed by atoms with E-state index in [1.165, 1.54) is 89.0 Å². The lowest BCUT2D eigenvalue weighted by atomic mass is 9.97. The Balaban J connectivity index is 1.82. The first-order valence-corrected chi connectivity index (χ1v) is 10.5. The van der Waals surface area contributed by atoms with Crippen molar-refractivity contribution in [2.45, 2.75) is 104 Å². The predicted octanol–water partition coefficient (Wildman–Crippen LogP) is 7.66. The van der Waals surface area contributed by atoms with Gasteiger partial charge in [-0.3, -0.25) is 0 Å². The maximum absolute atomic E-state index is 9.44. The third-order valence-electron chi connectivity index (χ3n) is 5.12. The van der Waals surface area contributed by atoms with Crippen LogP contribution < -0.4 is 0 Å². The van der Waals surface area contributed by atoms with Crippen molar-refractivity contribution in [1.29, 1.82) is 0 Å². The van der Waals surface area contributed by atoms with E-state index in [0.29, 0.717) is 5.75 Å². The lowest BCUT2D eigenvalue weighted by Gasteiger charge is -2.10. The zero-order valence-corrected chi connectivity index (χ0v) is 16.2. The second kappa shape index (κ2) is 14.4. The quantitative estimate of drug-likeness (QED) is 0.327. The van der Waals surface area contributed by atoms with Gasteiger partial charge in [0.15, 0.2) is 0 Å². The molecule has 0 amide bonds. The summed E-state index contributed by atoms with van der Waals surface area (Å²) in [5, 5.41) is 9.44. The van der Waals surface area contributed by atoms with Crippen LogP contribution in [0, 0.1) is 5.92 Å². The van der Waals surface area contributed by atoms with Crippen molar-refractivity contribution in [3.63, 3.8) is 0 Å². The first kappa shape index (κ1) is 21.1. The third-order valence-corrected chi connectivity index (χ3v) is 5.12. The van der Waals surface area contributed by atoms with Gasteiger partial charge in [0.25, 0.3) is 0 Å². The highest BCUT2D eigenvalue weighted by molar-refractivity contribution is 5.27. The Morgan fingerprint density at radius 1 is 0.792 bits per heavy atom. The number of benzene rings is 1. The topological polar surface area (TPSA) is 20.2 Å². The van der Waals surface area contributed by atoms with Gasteiger partial charge in [-0.2, -0.15) is 0 Å². The number of rotatable bonds is 15. The summed E-state index contributed by atoms with van der Waals surface area (Å²) in [6, 6.07) is 7.69. The first-order valence-electron chi connectivity index (χ1n) is 10.5. The van der Waals surface area contributed by atoms with Crippen LogP contribution >= 0.6 is 0 Å². The van der Waals surface area contributed by atoms with Crippen LogP contribution in [0.15, 0.2) is 24.3 Å². The Kier molecular flexibility index (Phi) is 12.6. The summed E-state index contributed by atoms with van der Waals surface area (Å²) < 4.78 is 0. The fourth-order valence-corrected chi connectivity index (χ4v) is 3.47. The molecule has 0 aromatic heterocycles. The molecule has 1 nitrogen and oxygen atoms in total. The minimum Gasteiger partial charge on any atom is -0.508 e. The second-order valence-corrected chi connectivity index (χ2v) is 7.64. The molecule has 1 aromatic carbocycles. The van der Waals surface area contributed by atoms with Crippen molar-refractivity contribution in [1.82, 2.24) is 0 Å². The molecule has 0 spiro atoms. The smallest absolute Gasteiger partial charge is 0.115 e. The number of hydrogen-bond donors (Lipinski definition) is 1. The van der Waals surface area contributed by atoms with Crippen LogP contribution in [0.2, 0.25) is 0 Å². The summed E-state index contributed by atoms with van der Waals surface area (Å²) in [5.74, 6) is 1.34. The molecule has 24 heavy (non-hydrogen) atoms. The molecule has 0 fully saturated rings. The largest absolute Gasteiger partial charge is 0.508 e. The zero-order valence-electron chi connectivity index (χ0n) is 16.2. The van der Waals surface area contributed by atoms with Gasteiger partial charge in [-0.05, 0) is 36.5 Å². The molecule has 0 aliphatic heterocycles. The van der Waals surface area contributed by atoms with Crippen molar-refractivity contribution in [2.75, 3.05) is 0 Å². The van der Waals surface area contributed by atoms with Crippen LogP contribution in [0.3, 0.4) is 0 Å².